The van der Waals surface area contributed by atoms with E-state index in [2.05, 4.69) is 4.98 Å². The number of aromatic nitrogens is 1. The number of hydrogen-bond acceptors (Lipinski definition) is 4. The number of halogens is 3. The van der Waals surface area contributed by atoms with Gasteiger partial charge in [0.25, 0.3) is 5.91 Å². The number of pyridine rings is 1. The van der Waals surface area contributed by atoms with E-state index >= 15 is 0 Å². The normalized spacial score (nSPS) is 11.8. The van der Waals surface area contributed by atoms with Crippen molar-refractivity contribution >= 4 is 33.1 Å². The maximum atomic E-state index is 13.5. The van der Waals surface area contributed by atoms with Gasteiger partial charge in [-0.3, -0.25) is 4.79 Å². The van der Waals surface area contributed by atoms with Crippen molar-refractivity contribution in [2.24, 2.45) is 5.73 Å². The van der Waals surface area contributed by atoms with Crippen LogP contribution in [0.1, 0.15) is 20.8 Å². The average Bonchev–Trinajstić information content (AvgIpc) is 2.83. The van der Waals surface area contributed by atoms with Crippen LogP contribution in [0.15, 0.2) is 30.3 Å². The van der Waals surface area contributed by atoms with Crippen LogP contribution in [0.5, 0.6) is 0 Å². The number of nitrogens with two attached hydrogens (primary N) is 2. The van der Waals surface area contributed by atoms with Crippen molar-refractivity contribution < 1.29 is 18.0 Å². The first-order valence-corrected chi connectivity index (χ1v) is 7.67. The summed E-state index contributed by atoms with van der Waals surface area (Å²) in [6, 6.07) is 7.89. The number of fused-ring (bicyclic) bond motifs is 1. The first-order chi connectivity index (χ1) is 11.2. The molecule has 3 aromatic rings. The molecule has 4 nitrogen and oxygen atoms in total. The van der Waals surface area contributed by atoms with E-state index in [1.807, 2.05) is 6.92 Å². The molecule has 3 rings (SSSR count). The molecule has 4 N–H and O–H groups in total. The van der Waals surface area contributed by atoms with E-state index < -0.39 is 17.6 Å². The van der Waals surface area contributed by atoms with Crippen LogP contribution in [0, 0.1) is 6.92 Å². The summed E-state index contributed by atoms with van der Waals surface area (Å²) in [7, 11) is 0. The van der Waals surface area contributed by atoms with Crippen LogP contribution >= 0.6 is 11.3 Å². The van der Waals surface area contributed by atoms with Crippen molar-refractivity contribution in [3.63, 3.8) is 0 Å². The zero-order chi connectivity index (χ0) is 17.6. The molecule has 0 atom stereocenters. The minimum absolute atomic E-state index is 0.0340. The Hall–Kier alpha value is -2.61. The molecule has 1 amide bonds. The highest BCUT2D eigenvalue weighted by molar-refractivity contribution is 7.21. The molecule has 0 aliphatic rings. The Morgan fingerprint density at radius 2 is 1.83 bits per heavy atom. The largest absolute Gasteiger partial charge is 0.417 e. The van der Waals surface area contributed by atoms with Crippen LogP contribution in [0.4, 0.5) is 18.9 Å². The second-order valence-corrected chi connectivity index (χ2v) is 6.31. The molecule has 0 saturated heterocycles. The molecule has 24 heavy (non-hydrogen) atoms. The molecule has 8 heteroatoms. The Morgan fingerprint density at radius 1 is 1.21 bits per heavy atom. The lowest BCUT2D eigenvalue weighted by Crippen LogP contribution is -2.11. The van der Waals surface area contributed by atoms with Crippen LogP contribution in [-0.4, -0.2) is 10.9 Å². The number of nitrogens with zero attached hydrogens (tertiary/aromatic N) is 1. The van der Waals surface area contributed by atoms with Crippen LogP contribution in [0.25, 0.3) is 21.5 Å². The Kier molecular flexibility index (Phi) is 3.71. The number of primary amides is 1. The topological polar surface area (TPSA) is 82.0 Å². The maximum absolute atomic E-state index is 13.5. The number of nitrogen functional groups attached to an aromatic ring is 1. The van der Waals surface area contributed by atoms with Crippen molar-refractivity contribution in [2.45, 2.75) is 13.1 Å². The van der Waals surface area contributed by atoms with E-state index in [4.69, 9.17) is 11.5 Å². The highest BCUT2D eigenvalue weighted by atomic mass is 32.1. The molecular weight excluding hydrogens is 339 g/mol. The predicted molar refractivity (Wildman–Crippen MR) is 87.7 cm³/mol. The van der Waals surface area contributed by atoms with Crippen molar-refractivity contribution in [1.82, 2.24) is 4.98 Å². The van der Waals surface area contributed by atoms with Gasteiger partial charge in [-0.15, -0.1) is 11.3 Å². The molecule has 124 valence electrons. The SMILES string of the molecule is Cc1ccc(-c2cc(C(F)(F)F)c3c(N)c(C(N)=O)sc3n2)cc1. The molecule has 0 bridgehead atoms. The molecule has 0 fully saturated rings. The molecule has 0 radical (unpaired) electrons. The minimum atomic E-state index is -4.63. The quantitative estimate of drug-likeness (QED) is 0.733. The molecule has 0 aliphatic heterocycles. The summed E-state index contributed by atoms with van der Waals surface area (Å²) in [6.07, 6.45) is -4.63. The summed E-state index contributed by atoms with van der Waals surface area (Å²) in [5.74, 6) is -0.875. The van der Waals surface area contributed by atoms with E-state index in [-0.39, 0.29) is 26.5 Å². The van der Waals surface area contributed by atoms with E-state index in [0.29, 0.717) is 5.56 Å². The fourth-order valence-electron chi connectivity index (χ4n) is 2.40. The zero-order valence-corrected chi connectivity index (χ0v) is 13.3. The molecular formula is C16H12F3N3OS. The number of amides is 1. The van der Waals surface area contributed by atoms with Gasteiger partial charge in [-0.25, -0.2) is 4.98 Å². The van der Waals surface area contributed by atoms with Crippen molar-refractivity contribution in [1.29, 1.82) is 0 Å². The monoisotopic (exact) mass is 351 g/mol. The number of hydrogen-bond donors (Lipinski definition) is 2. The summed E-state index contributed by atoms with van der Waals surface area (Å²) in [5.41, 5.74) is 11.4. The van der Waals surface area contributed by atoms with Gasteiger partial charge >= 0.3 is 6.18 Å². The molecule has 0 aliphatic carbocycles. The molecule has 0 saturated carbocycles. The number of carbonyl (C=O) groups excluding carboxylic acids is 1. The number of rotatable bonds is 2. The fourth-order valence-corrected chi connectivity index (χ4v) is 3.37. The zero-order valence-electron chi connectivity index (χ0n) is 12.4. The number of alkyl halides is 3. The second-order valence-electron chi connectivity index (χ2n) is 5.31. The fraction of sp³-hybridized carbons (Fsp3) is 0.125. The summed E-state index contributed by atoms with van der Waals surface area (Å²) >= 11 is 0.764. The van der Waals surface area contributed by atoms with Crippen molar-refractivity contribution in [3.05, 3.63) is 46.3 Å². The number of carbonyl (C=O) groups is 1. The van der Waals surface area contributed by atoms with Crippen molar-refractivity contribution in [3.8, 4) is 11.3 Å². The number of anilines is 1. The summed E-state index contributed by atoms with van der Waals surface area (Å²) in [5, 5.41) is -0.280. The first-order valence-electron chi connectivity index (χ1n) is 6.85. The third-order valence-electron chi connectivity index (χ3n) is 3.58. The van der Waals surface area contributed by atoms with Gasteiger partial charge in [-0.1, -0.05) is 29.8 Å². The lowest BCUT2D eigenvalue weighted by molar-refractivity contribution is -0.136. The summed E-state index contributed by atoms with van der Waals surface area (Å²) in [6.45, 7) is 1.88. The highest BCUT2D eigenvalue weighted by Gasteiger charge is 2.36. The van der Waals surface area contributed by atoms with Crippen LogP contribution < -0.4 is 11.5 Å². The van der Waals surface area contributed by atoms with Gasteiger partial charge in [-0.2, -0.15) is 13.2 Å². The Labute approximate surface area is 138 Å². The summed E-state index contributed by atoms with van der Waals surface area (Å²) in [4.78, 5) is 15.5. The van der Waals surface area contributed by atoms with Gasteiger partial charge in [0, 0.05) is 10.9 Å². The average molecular weight is 351 g/mol. The smallest absolute Gasteiger partial charge is 0.397 e. The van der Waals surface area contributed by atoms with Gasteiger partial charge < -0.3 is 11.5 Å². The molecule has 2 aromatic heterocycles. The number of thiophene rings is 1. The number of aryl methyl sites for hydroxylation is 1. The third-order valence-corrected chi connectivity index (χ3v) is 4.69. The second kappa shape index (κ2) is 5.48. The Morgan fingerprint density at radius 3 is 2.38 bits per heavy atom. The van der Waals surface area contributed by atoms with Gasteiger partial charge in [0.2, 0.25) is 0 Å². The molecule has 0 unspecified atom stereocenters. The van der Waals surface area contributed by atoms with Crippen LogP contribution in [-0.2, 0) is 6.18 Å². The molecule has 2 heterocycles. The van der Waals surface area contributed by atoms with Crippen LogP contribution in [0.3, 0.4) is 0 Å². The Bertz CT molecular complexity index is 946. The lowest BCUT2D eigenvalue weighted by Gasteiger charge is -2.11. The molecule has 1 aromatic carbocycles. The van der Waals surface area contributed by atoms with Gasteiger partial charge in [0.1, 0.15) is 9.71 Å². The van der Waals surface area contributed by atoms with Gasteiger partial charge in [0.15, 0.2) is 0 Å². The highest BCUT2D eigenvalue weighted by Crippen LogP contribution is 2.43. The lowest BCUT2D eigenvalue weighted by atomic mass is 10.0. The van der Waals surface area contributed by atoms with Crippen LogP contribution in [0.2, 0.25) is 0 Å². The summed E-state index contributed by atoms with van der Waals surface area (Å²) < 4.78 is 40.4. The van der Waals surface area contributed by atoms with E-state index in [1.54, 1.807) is 24.3 Å². The van der Waals surface area contributed by atoms with Gasteiger partial charge in [0.05, 0.1) is 16.9 Å². The van der Waals surface area contributed by atoms with Crippen molar-refractivity contribution in [2.75, 3.05) is 5.73 Å². The third kappa shape index (κ3) is 2.69. The van der Waals surface area contributed by atoms with E-state index in [0.717, 1.165) is 23.0 Å². The predicted octanol–water partition coefficient (Wildman–Crippen LogP) is 3.97. The van der Waals surface area contributed by atoms with E-state index in [9.17, 15) is 18.0 Å². The standard InChI is InChI=1S/C16H12F3N3OS/c1-7-2-4-8(5-3-7)10-6-9(16(17,18)19)11-12(20)13(14(21)23)24-15(11)22-10/h2-6H,20H2,1H3,(H2,21,23). The first kappa shape index (κ1) is 16.3. The van der Waals surface area contributed by atoms with E-state index in [1.165, 1.54) is 0 Å². The maximum Gasteiger partial charge on any atom is 0.417 e. The molecule has 0 spiro atoms. The minimum Gasteiger partial charge on any atom is -0.397 e. The number of benzene rings is 1. The Balaban J connectivity index is 2.34. The van der Waals surface area contributed by atoms with Gasteiger partial charge in [-0.05, 0) is 13.0 Å².